The van der Waals surface area contributed by atoms with Crippen molar-refractivity contribution in [3.63, 3.8) is 0 Å². The SMILES string of the molecule is COC(=O)c1ccccc1NC(=O)c1cc(-c2cccs2)n([C@@H]2CCS(=O)(=O)C2)n1. The molecule has 0 unspecified atom stereocenters. The lowest BCUT2D eigenvalue weighted by Gasteiger charge is -2.12. The fourth-order valence-corrected chi connectivity index (χ4v) is 5.85. The predicted octanol–water partition coefficient (Wildman–Crippen LogP) is 3.01. The van der Waals surface area contributed by atoms with Gasteiger partial charge in [-0.3, -0.25) is 9.48 Å². The number of carbonyl (C=O) groups excluding carboxylic acids is 2. The van der Waals surface area contributed by atoms with Gasteiger partial charge in [-0.05, 0) is 36.1 Å². The van der Waals surface area contributed by atoms with Crippen molar-refractivity contribution < 1.29 is 22.7 Å². The Morgan fingerprint density at radius 2 is 2.03 bits per heavy atom. The van der Waals surface area contributed by atoms with Crippen LogP contribution >= 0.6 is 11.3 Å². The number of nitrogens with zero attached hydrogens (tertiary/aromatic N) is 2. The van der Waals surface area contributed by atoms with Gasteiger partial charge in [-0.2, -0.15) is 5.10 Å². The van der Waals surface area contributed by atoms with Crippen LogP contribution in [-0.4, -0.2) is 48.7 Å². The molecule has 4 rings (SSSR count). The van der Waals surface area contributed by atoms with Crippen molar-refractivity contribution in [3.05, 3.63) is 59.1 Å². The summed E-state index contributed by atoms with van der Waals surface area (Å²) in [6.45, 7) is 0. The topological polar surface area (TPSA) is 107 Å². The lowest BCUT2D eigenvalue weighted by Crippen LogP contribution is -2.18. The molecule has 0 spiro atoms. The molecule has 1 aliphatic heterocycles. The molecule has 8 nitrogen and oxygen atoms in total. The van der Waals surface area contributed by atoms with E-state index in [9.17, 15) is 18.0 Å². The monoisotopic (exact) mass is 445 g/mol. The lowest BCUT2D eigenvalue weighted by molar-refractivity contribution is 0.0602. The van der Waals surface area contributed by atoms with Gasteiger partial charge in [0, 0.05) is 0 Å². The zero-order valence-electron chi connectivity index (χ0n) is 16.1. The molecule has 0 saturated carbocycles. The van der Waals surface area contributed by atoms with Crippen molar-refractivity contribution in [2.24, 2.45) is 0 Å². The number of methoxy groups -OCH3 is 1. The second-order valence-corrected chi connectivity index (χ2v) is 10.1. The van der Waals surface area contributed by atoms with E-state index in [1.807, 2.05) is 17.5 Å². The Kier molecular flexibility index (Phi) is 5.44. The van der Waals surface area contributed by atoms with Crippen LogP contribution in [0.25, 0.3) is 10.6 Å². The molecule has 1 saturated heterocycles. The summed E-state index contributed by atoms with van der Waals surface area (Å²) >= 11 is 1.48. The number of aromatic nitrogens is 2. The number of amides is 1. The Morgan fingerprint density at radius 1 is 1.23 bits per heavy atom. The summed E-state index contributed by atoms with van der Waals surface area (Å²) in [5.41, 5.74) is 1.37. The van der Waals surface area contributed by atoms with E-state index in [4.69, 9.17) is 4.74 Å². The number of thiophene rings is 1. The van der Waals surface area contributed by atoms with E-state index in [2.05, 4.69) is 10.4 Å². The van der Waals surface area contributed by atoms with E-state index in [0.29, 0.717) is 17.8 Å². The van der Waals surface area contributed by atoms with Crippen molar-refractivity contribution in [1.82, 2.24) is 9.78 Å². The highest BCUT2D eigenvalue weighted by Gasteiger charge is 2.32. The smallest absolute Gasteiger partial charge is 0.339 e. The third kappa shape index (κ3) is 4.01. The summed E-state index contributed by atoms with van der Waals surface area (Å²) in [4.78, 5) is 25.7. The van der Waals surface area contributed by atoms with Crippen molar-refractivity contribution in [2.45, 2.75) is 12.5 Å². The second kappa shape index (κ2) is 8.04. The first-order valence-corrected chi connectivity index (χ1v) is 11.9. The molecule has 0 radical (unpaired) electrons. The number of anilines is 1. The molecule has 1 aliphatic rings. The number of para-hydroxylation sites is 1. The molecule has 0 aliphatic carbocycles. The highest BCUT2D eigenvalue weighted by atomic mass is 32.2. The summed E-state index contributed by atoms with van der Waals surface area (Å²) in [7, 11) is -1.85. The van der Waals surface area contributed by atoms with Gasteiger partial charge in [0.15, 0.2) is 15.5 Å². The first kappa shape index (κ1) is 20.3. The third-order valence-electron chi connectivity index (χ3n) is 4.88. The van der Waals surface area contributed by atoms with Crippen molar-refractivity contribution in [1.29, 1.82) is 0 Å². The van der Waals surface area contributed by atoms with E-state index >= 15 is 0 Å². The second-order valence-electron chi connectivity index (χ2n) is 6.88. The molecule has 1 fully saturated rings. The Bertz CT molecular complexity index is 1200. The Hall–Kier alpha value is -2.98. The van der Waals surface area contributed by atoms with Gasteiger partial charge in [-0.1, -0.05) is 18.2 Å². The third-order valence-corrected chi connectivity index (χ3v) is 7.52. The van der Waals surface area contributed by atoms with Crippen LogP contribution in [0.15, 0.2) is 47.8 Å². The van der Waals surface area contributed by atoms with Gasteiger partial charge in [-0.25, -0.2) is 13.2 Å². The van der Waals surface area contributed by atoms with Crippen LogP contribution in [0.1, 0.15) is 33.3 Å². The maximum atomic E-state index is 12.9. The molecule has 3 heterocycles. The molecule has 1 N–H and O–H groups in total. The standard InChI is InChI=1S/C20H19N3O5S2/c1-28-20(25)14-5-2-3-6-15(14)21-19(24)16-11-17(18-7-4-9-29-18)23(22-16)13-8-10-30(26,27)12-13/h2-7,9,11,13H,8,10,12H2,1H3,(H,21,24)/t13-/m1/s1. The van der Waals surface area contributed by atoms with Gasteiger partial charge in [0.1, 0.15) is 0 Å². The number of hydrogen-bond acceptors (Lipinski definition) is 7. The summed E-state index contributed by atoms with van der Waals surface area (Å²) in [6.07, 6.45) is 0.453. The molecule has 3 aromatic rings. The Morgan fingerprint density at radius 3 is 2.70 bits per heavy atom. The Labute approximate surface area is 177 Å². The van der Waals surface area contributed by atoms with Gasteiger partial charge < -0.3 is 10.1 Å². The number of benzene rings is 1. The van der Waals surface area contributed by atoms with Crippen LogP contribution in [0, 0.1) is 0 Å². The molecular formula is C20H19N3O5S2. The number of ether oxygens (including phenoxy) is 1. The average Bonchev–Trinajstić information content (AvgIpc) is 3.46. The number of esters is 1. The zero-order chi connectivity index (χ0) is 21.3. The first-order valence-electron chi connectivity index (χ1n) is 9.20. The summed E-state index contributed by atoms with van der Waals surface area (Å²) in [6, 6.07) is 11.6. The number of rotatable bonds is 5. The van der Waals surface area contributed by atoms with Gasteiger partial charge in [0.05, 0.1) is 46.5 Å². The van der Waals surface area contributed by atoms with E-state index in [0.717, 1.165) is 4.88 Å². The molecule has 1 aromatic carbocycles. The van der Waals surface area contributed by atoms with Gasteiger partial charge in [-0.15, -0.1) is 11.3 Å². The van der Waals surface area contributed by atoms with Crippen LogP contribution in [0.5, 0.6) is 0 Å². The van der Waals surface area contributed by atoms with Crippen LogP contribution in [0.4, 0.5) is 5.69 Å². The quantitative estimate of drug-likeness (QED) is 0.605. The van der Waals surface area contributed by atoms with Gasteiger partial charge >= 0.3 is 5.97 Å². The normalized spacial score (nSPS) is 17.6. The molecule has 1 amide bonds. The van der Waals surface area contributed by atoms with E-state index in [1.165, 1.54) is 18.4 Å². The molecule has 156 valence electrons. The van der Waals surface area contributed by atoms with Gasteiger partial charge in [0.2, 0.25) is 0 Å². The van der Waals surface area contributed by atoms with Crippen LogP contribution < -0.4 is 5.32 Å². The van der Waals surface area contributed by atoms with Crippen molar-refractivity contribution >= 4 is 38.7 Å². The van der Waals surface area contributed by atoms with Crippen LogP contribution in [0.3, 0.4) is 0 Å². The molecular weight excluding hydrogens is 426 g/mol. The minimum absolute atomic E-state index is 0.000706. The minimum atomic E-state index is -3.12. The molecule has 2 aromatic heterocycles. The van der Waals surface area contributed by atoms with Crippen LogP contribution in [0.2, 0.25) is 0 Å². The highest BCUT2D eigenvalue weighted by Crippen LogP contribution is 2.32. The zero-order valence-corrected chi connectivity index (χ0v) is 17.7. The fraction of sp³-hybridized carbons (Fsp3) is 0.250. The maximum absolute atomic E-state index is 12.9. The van der Waals surface area contributed by atoms with Crippen molar-refractivity contribution in [2.75, 3.05) is 23.9 Å². The maximum Gasteiger partial charge on any atom is 0.339 e. The van der Waals surface area contributed by atoms with E-state index in [-0.39, 0.29) is 28.8 Å². The first-order chi connectivity index (χ1) is 14.4. The summed E-state index contributed by atoms with van der Waals surface area (Å²) in [5, 5.41) is 9.05. The number of nitrogens with one attached hydrogen (secondary N) is 1. The van der Waals surface area contributed by atoms with E-state index in [1.54, 1.807) is 35.0 Å². The largest absolute Gasteiger partial charge is 0.465 e. The minimum Gasteiger partial charge on any atom is -0.465 e. The summed E-state index contributed by atoms with van der Waals surface area (Å²) in [5.74, 6) is -0.954. The molecule has 0 bridgehead atoms. The van der Waals surface area contributed by atoms with E-state index < -0.39 is 21.7 Å². The summed E-state index contributed by atoms with van der Waals surface area (Å²) < 4.78 is 30.3. The Balaban J connectivity index is 1.68. The number of carbonyl (C=O) groups is 2. The highest BCUT2D eigenvalue weighted by molar-refractivity contribution is 7.91. The van der Waals surface area contributed by atoms with Crippen LogP contribution in [-0.2, 0) is 14.6 Å². The molecule has 10 heteroatoms. The van der Waals surface area contributed by atoms with Gasteiger partial charge in [0.25, 0.3) is 5.91 Å². The predicted molar refractivity (Wildman–Crippen MR) is 114 cm³/mol. The number of sulfone groups is 1. The number of hydrogen-bond donors (Lipinski definition) is 1. The average molecular weight is 446 g/mol. The molecule has 30 heavy (non-hydrogen) atoms. The lowest BCUT2D eigenvalue weighted by atomic mass is 10.1. The molecule has 1 atom stereocenters. The van der Waals surface area contributed by atoms with Crippen molar-refractivity contribution in [3.8, 4) is 10.6 Å². The fourth-order valence-electron chi connectivity index (χ4n) is 3.43.